The molecule has 0 saturated heterocycles. The average Bonchev–Trinajstić information content (AvgIpc) is 1.98. The molecule has 1 unspecified atom stereocenters. The highest BCUT2D eigenvalue weighted by Crippen LogP contribution is 1.97. The molecule has 0 aromatic heterocycles. The van der Waals surface area contributed by atoms with Crippen LogP contribution < -0.4 is 0 Å². The van der Waals surface area contributed by atoms with Crippen LogP contribution in [0.15, 0.2) is 0 Å². The van der Waals surface area contributed by atoms with Crippen molar-refractivity contribution in [1.29, 1.82) is 0 Å². The first-order chi connectivity index (χ1) is 5.49. The largest absolute Gasteiger partial charge is 0.466 e. The summed E-state index contributed by atoms with van der Waals surface area (Å²) >= 11 is 0. The molecule has 0 N–H and O–H groups in total. The first-order valence-corrected chi connectivity index (χ1v) is 3.24. The van der Waals surface area contributed by atoms with Crippen molar-refractivity contribution in [2.45, 2.75) is 20.0 Å². The number of Topliss-reactive ketones (excluding diaryl/α,β-unsaturated/α-hetero) is 1. The van der Waals surface area contributed by atoms with Crippen LogP contribution in [0, 0.1) is 0 Å². The van der Waals surface area contributed by atoms with E-state index in [4.69, 9.17) is 0 Å². The number of carbonyl (C=O) groups excluding carboxylic acids is 3. The van der Waals surface area contributed by atoms with Crippen molar-refractivity contribution in [2.24, 2.45) is 0 Å². The maximum absolute atomic E-state index is 10.8. The second-order valence-corrected chi connectivity index (χ2v) is 2.12. The molecule has 5 heteroatoms. The Morgan fingerprint density at radius 2 is 1.67 bits per heavy atom. The highest BCUT2D eigenvalue weighted by atomic mass is 16.6. The number of ether oxygens (including phenoxy) is 2. The fraction of sp³-hybridized carbons (Fsp3) is 0.571. The number of rotatable bonds is 3. The lowest BCUT2D eigenvalue weighted by atomic mass is 10.2. The van der Waals surface area contributed by atoms with Crippen molar-refractivity contribution >= 4 is 17.7 Å². The molecule has 0 aromatic rings. The second kappa shape index (κ2) is 4.48. The molecule has 12 heavy (non-hydrogen) atoms. The van der Waals surface area contributed by atoms with Crippen LogP contribution in [0.4, 0.5) is 0 Å². The Bertz CT molecular complexity index is 208. The van der Waals surface area contributed by atoms with E-state index in [9.17, 15) is 14.4 Å². The third kappa shape index (κ3) is 3.14. The minimum Gasteiger partial charge on any atom is -0.466 e. The number of esters is 2. The van der Waals surface area contributed by atoms with Gasteiger partial charge in [-0.1, -0.05) is 0 Å². The summed E-state index contributed by atoms with van der Waals surface area (Å²) in [6, 6.07) is 0. The quantitative estimate of drug-likeness (QED) is 0.433. The van der Waals surface area contributed by atoms with Gasteiger partial charge in [-0.15, -0.1) is 0 Å². The molecule has 5 nitrogen and oxygen atoms in total. The summed E-state index contributed by atoms with van der Waals surface area (Å²) in [6.45, 7) is 2.25. The minimum atomic E-state index is -1.42. The molecule has 0 aromatic carbocycles. The molecule has 0 rings (SSSR count). The van der Waals surface area contributed by atoms with Crippen molar-refractivity contribution in [3.8, 4) is 0 Å². The van der Waals surface area contributed by atoms with Crippen molar-refractivity contribution in [2.75, 3.05) is 7.11 Å². The van der Waals surface area contributed by atoms with E-state index < -0.39 is 23.8 Å². The van der Waals surface area contributed by atoms with Crippen LogP contribution in [0.25, 0.3) is 0 Å². The van der Waals surface area contributed by atoms with Gasteiger partial charge in [-0.2, -0.15) is 0 Å². The molecule has 1 atom stereocenters. The lowest BCUT2D eigenvalue weighted by Gasteiger charge is -2.10. The Hall–Kier alpha value is -1.39. The van der Waals surface area contributed by atoms with E-state index in [1.54, 1.807) is 0 Å². The molecular weight excluding hydrogens is 164 g/mol. The van der Waals surface area contributed by atoms with Gasteiger partial charge in [0.15, 0.2) is 5.78 Å². The van der Waals surface area contributed by atoms with Gasteiger partial charge in [0.2, 0.25) is 0 Å². The molecule has 0 heterocycles. The molecule has 0 aliphatic heterocycles. The summed E-state index contributed by atoms with van der Waals surface area (Å²) in [4.78, 5) is 31.9. The van der Waals surface area contributed by atoms with E-state index in [-0.39, 0.29) is 0 Å². The van der Waals surface area contributed by atoms with Crippen molar-refractivity contribution in [3.63, 3.8) is 0 Å². The molecule has 0 aliphatic rings. The second-order valence-electron chi connectivity index (χ2n) is 2.12. The lowest BCUT2D eigenvalue weighted by molar-refractivity contribution is -0.168. The van der Waals surface area contributed by atoms with E-state index >= 15 is 0 Å². The summed E-state index contributed by atoms with van der Waals surface area (Å²) in [6.07, 6.45) is -1.42. The number of hydrogen-bond acceptors (Lipinski definition) is 5. The van der Waals surface area contributed by atoms with Crippen LogP contribution in [-0.2, 0) is 23.9 Å². The van der Waals surface area contributed by atoms with Gasteiger partial charge in [0.1, 0.15) is 0 Å². The zero-order valence-electron chi connectivity index (χ0n) is 7.12. The van der Waals surface area contributed by atoms with Crippen molar-refractivity contribution in [1.82, 2.24) is 0 Å². The summed E-state index contributed by atoms with van der Waals surface area (Å²) in [5.74, 6) is -2.12. The maximum Gasteiger partial charge on any atom is 0.355 e. The fourth-order valence-electron chi connectivity index (χ4n) is 0.570. The average molecular weight is 174 g/mol. The molecule has 0 spiro atoms. The van der Waals surface area contributed by atoms with E-state index in [2.05, 4.69) is 9.47 Å². The summed E-state index contributed by atoms with van der Waals surface area (Å²) in [5.41, 5.74) is 0. The lowest BCUT2D eigenvalue weighted by Crippen LogP contribution is -2.33. The normalized spacial score (nSPS) is 11.6. The summed E-state index contributed by atoms with van der Waals surface area (Å²) < 4.78 is 8.64. The van der Waals surface area contributed by atoms with Crippen molar-refractivity contribution < 1.29 is 23.9 Å². The molecule has 0 bridgehead atoms. The molecule has 0 aliphatic carbocycles. The number of carbonyl (C=O) groups is 3. The number of ketones is 1. The van der Waals surface area contributed by atoms with Crippen LogP contribution in [0.2, 0.25) is 0 Å². The Balaban J connectivity index is 4.33. The Kier molecular flexibility index (Phi) is 3.96. The maximum atomic E-state index is 10.8. The van der Waals surface area contributed by atoms with Gasteiger partial charge in [0, 0.05) is 6.92 Å². The van der Waals surface area contributed by atoms with Crippen LogP contribution in [-0.4, -0.2) is 30.9 Å². The zero-order valence-corrected chi connectivity index (χ0v) is 7.12. The highest BCUT2D eigenvalue weighted by molar-refractivity contribution is 6.02. The van der Waals surface area contributed by atoms with Crippen LogP contribution in [0.5, 0.6) is 0 Å². The monoisotopic (exact) mass is 174 g/mol. The first-order valence-electron chi connectivity index (χ1n) is 3.24. The number of hydrogen-bond donors (Lipinski definition) is 0. The van der Waals surface area contributed by atoms with Gasteiger partial charge in [0.05, 0.1) is 7.11 Å². The first kappa shape index (κ1) is 10.6. The predicted octanol–water partition coefficient (Wildman–Crippen LogP) is -0.320. The summed E-state index contributed by atoms with van der Waals surface area (Å²) in [7, 11) is 1.11. The van der Waals surface area contributed by atoms with Gasteiger partial charge in [-0.25, -0.2) is 4.79 Å². The predicted molar refractivity (Wildman–Crippen MR) is 38.3 cm³/mol. The molecule has 0 saturated carbocycles. The van der Waals surface area contributed by atoms with Crippen LogP contribution in [0.3, 0.4) is 0 Å². The zero-order chi connectivity index (χ0) is 9.72. The topological polar surface area (TPSA) is 69.7 Å². The van der Waals surface area contributed by atoms with E-state index in [0.29, 0.717) is 0 Å². The molecule has 0 amide bonds. The minimum absolute atomic E-state index is 0.558. The van der Waals surface area contributed by atoms with Crippen molar-refractivity contribution in [3.05, 3.63) is 0 Å². The SMILES string of the molecule is COC(=O)C(OC(C)=O)C(C)=O. The molecule has 0 fully saturated rings. The Morgan fingerprint density at radius 3 is 1.92 bits per heavy atom. The standard InChI is InChI=1S/C7H10O5/c1-4(8)6(7(10)11-3)12-5(2)9/h6H,1-3H3. The smallest absolute Gasteiger partial charge is 0.355 e. The van der Waals surface area contributed by atoms with Gasteiger partial charge in [-0.3, -0.25) is 9.59 Å². The molecule has 68 valence electrons. The Morgan fingerprint density at radius 1 is 1.17 bits per heavy atom. The number of methoxy groups -OCH3 is 1. The van der Waals surface area contributed by atoms with Crippen LogP contribution in [0.1, 0.15) is 13.8 Å². The van der Waals surface area contributed by atoms with Gasteiger partial charge < -0.3 is 9.47 Å². The highest BCUT2D eigenvalue weighted by Gasteiger charge is 2.26. The van der Waals surface area contributed by atoms with Gasteiger partial charge in [0.25, 0.3) is 6.10 Å². The fourth-order valence-corrected chi connectivity index (χ4v) is 0.570. The van der Waals surface area contributed by atoms with Gasteiger partial charge in [-0.05, 0) is 6.92 Å². The molecule has 0 radical (unpaired) electrons. The van der Waals surface area contributed by atoms with E-state index in [0.717, 1.165) is 21.0 Å². The molecular formula is C7H10O5. The van der Waals surface area contributed by atoms with Gasteiger partial charge >= 0.3 is 11.9 Å². The van der Waals surface area contributed by atoms with E-state index in [1.807, 2.05) is 0 Å². The third-order valence-electron chi connectivity index (χ3n) is 1.07. The van der Waals surface area contributed by atoms with Crippen LogP contribution >= 0.6 is 0 Å². The summed E-state index contributed by atoms with van der Waals surface area (Å²) in [5, 5.41) is 0. The Labute approximate surface area is 69.6 Å². The van der Waals surface area contributed by atoms with E-state index in [1.165, 1.54) is 0 Å². The third-order valence-corrected chi connectivity index (χ3v) is 1.07.